The molecule has 0 aromatic heterocycles. The average Bonchev–Trinajstić information content (AvgIpc) is 3.07. The highest BCUT2D eigenvalue weighted by molar-refractivity contribution is 4.53. The van der Waals surface area contributed by atoms with E-state index in [1.165, 1.54) is 0 Å². The third kappa shape index (κ3) is 82600. The first-order chi connectivity index (χ1) is 21.2. The van der Waals surface area contributed by atoms with Crippen LogP contribution in [0.3, 0.4) is 0 Å². The minimum absolute atomic E-state index is 0.122. The quantitative estimate of drug-likeness (QED) is 0.272. The molecule has 3 N–H and O–H groups in total. The maximum Gasteiger partial charge on any atom is 0.0693 e. The third-order valence-electron chi connectivity index (χ3n) is 0.395. The molecule has 0 aromatic rings. The number of methoxy groups -OCH3 is 1. The van der Waals surface area contributed by atoms with Crippen LogP contribution >= 0.6 is 0 Å². The van der Waals surface area contributed by atoms with E-state index >= 15 is 0 Å². The Bertz CT molecular complexity index is 256. The molecule has 268 valence electrons. The van der Waals surface area contributed by atoms with E-state index in [-0.39, 0.29) is 19.8 Å². The molecule has 4 nitrogen and oxygen atoms in total. The summed E-state index contributed by atoms with van der Waals surface area (Å²) in [6, 6.07) is 0. The topological polar surface area (TPSA) is 69.9 Å². The maximum atomic E-state index is 7.94. The Morgan fingerprint density at radius 2 is 0.432 bits per heavy atom. The van der Waals surface area contributed by atoms with Gasteiger partial charge in [0.1, 0.15) is 0 Å². The molecule has 0 radical (unpaired) electrons. The Labute approximate surface area is 282 Å². The normalized spacial score (nSPS) is 4.34. The lowest BCUT2D eigenvalue weighted by Gasteiger charge is -1.84. The molecule has 0 atom stereocenters. The van der Waals surface area contributed by atoms with Crippen LogP contribution in [0.2, 0.25) is 0 Å². The summed E-state index contributed by atoms with van der Waals surface area (Å²) in [5.74, 6) is 0. The van der Waals surface area contributed by atoms with E-state index in [2.05, 4.69) is 143 Å². The Morgan fingerprint density at radius 1 is 0.341 bits per heavy atom. The molecular formula is C40H84O4. The molecule has 0 spiro atoms. The predicted octanol–water partition coefficient (Wildman–Crippen LogP) is 12.6. The van der Waals surface area contributed by atoms with Crippen LogP contribution in [0.4, 0.5) is 0 Å². The maximum absolute atomic E-state index is 7.94. The Kier molecular flexibility index (Phi) is 2040. The molecule has 0 aromatic carbocycles. The van der Waals surface area contributed by atoms with Gasteiger partial charge in [-0.2, -0.15) is 0 Å². The lowest BCUT2D eigenvalue weighted by molar-refractivity contribution is 0.135. The molecule has 0 saturated heterocycles. The van der Waals surface area contributed by atoms with Crippen LogP contribution in [0.15, 0.2) is 181 Å². The molecule has 0 saturated carbocycles. The summed E-state index contributed by atoms with van der Waals surface area (Å²) in [6.07, 6.45) is 12.2. The summed E-state index contributed by atoms with van der Waals surface area (Å²) in [5.41, 5.74) is 0. The molecule has 0 unspecified atom stereocenters. The van der Waals surface area contributed by atoms with Gasteiger partial charge in [0, 0.05) is 7.11 Å². The van der Waals surface area contributed by atoms with Crippen molar-refractivity contribution in [1.82, 2.24) is 0 Å². The van der Waals surface area contributed by atoms with E-state index in [9.17, 15) is 0 Å². The van der Waals surface area contributed by atoms with Crippen LogP contribution in [-0.4, -0.2) is 48.9 Å². The van der Waals surface area contributed by atoms with Gasteiger partial charge in [0.15, 0.2) is 0 Å². The van der Waals surface area contributed by atoms with Crippen LogP contribution in [0, 0.1) is 0 Å². The molecule has 0 aliphatic carbocycles. The van der Waals surface area contributed by atoms with Crippen LogP contribution in [0.5, 0.6) is 0 Å². The van der Waals surface area contributed by atoms with Gasteiger partial charge in [-0.1, -0.05) is 42.5 Å². The number of hydrogen-bond donors (Lipinski definition) is 3. The molecule has 0 fully saturated rings. The first-order valence-corrected chi connectivity index (χ1v) is 13.0. The van der Waals surface area contributed by atoms with Gasteiger partial charge in [0.2, 0.25) is 0 Å². The number of allylic oxidation sites excluding steroid dienone is 7. The van der Waals surface area contributed by atoms with Crippen molar-refractivity contribution in [1.29, 1.82) is 0 Å². The molecule has 0 heterocycles. The predicted molar refractivity (Wildman–Crippen MR) is 223 cm³/mol. The third-order valence-corrected chi connectivity index (χ3v) is 0.395. The van der Waals surface area contributed by atoms with Crippen molar-refractivity contribution in [3.05, 3.63) is 181 Å². The monoisotopic (exact) mass is 629 g/mol. The van der Waals surface area contributed by atoms with Crippen molar-refractivity contribution in [3.63, 3.8) is 0 Å². The number of aliphatic hydroxyl groups is 3. The summed E-state index contributed by atoms with van der Waals surface area (Å²) in [5, 5.41) is 23.2. The Hall–Kier alpha value is -3.80. The molecular weight excluding hydrogens is 544 g/mol. The lowest BCUT2D eigenvalue weighted by Crippen LogP contribution is -1.91. The van der Waals surface area contributed by atoms with Gasteiger partial charge in [-0.25, -0.2) is 0 Å². The van der Waals surface area contributed by atoms with E-state index in [1.807, 2.05) is 48.5 Å². The van der Waals surface area contributed by atoms with Gasteiger partial charge in [-0.15, -0.1) is 138 Å². The van der Waals surface area contributed by atoms with Crippen molar-refractivity contribution in [2.24, 2.45) is 0 Å². The van der Waals surface area contributed by atoms with Gasteiger partial charge in [0.25, 0.3) is 0 Å². The molecule has 0 amide bonds. The van der Waals surface area contributed by atoms with Gasteiger partial charge in [-0.3, -0.25) is 0 Å². The van der Waals surface area contributed by atoms with Crippen LogP contribution in [-0.2, 0) is 4.74 Å². The SMILES string of the molecule is C=C.C=C.C=C.C=C.C=C.C=C.C=C.C=CC.C=CC.C=CC.C=CC.C=CC.C=CC.C=CC.COCCO.OCCO. The highest BCUT2D eigenvalue weighted by Gasteiger charge is 1.67. The fraction of sp³-hybridized carbons (Fsp3) is 0.300. The van der Waals surface area contributed by atoms with Crippen molar-refractivity contribution < 1.29 is 20.1 Å². The van der Waals surface area contributed by atoms with Gasteiger partial charge >= 0.3 is 0 Å². The lowest BCUT2D eigenvalue weighted by atomic mass is 10.8. The summed E-state index contributed by atoms with van der Waals surface area (Å²) in [7, 11) is 1.55. The van der Waals surface area contributed by atoms with Crippen molar-refractivity contribution in [3.8, 4) is 0 Å². The summed E-state index contributed by atoms with van der Waals surface area (Å²) < 4.78 is 4.44. The van der Waals surface area contributed by atoms with Gasteiger partial charge < -0.3 is 20.1 Å². The molecule has 0 aliphatic heterocycles. The zero-order chi connectivity index (χ0) is 40.5. The summed E-state index contributed by atoms with van der Waals surface area (Å²) in [4.78, 5) is 0. The van der Waals surface area contributed by atoms with Crippen LogP contribution in [0.25, 0.3) is 0 Å². The van der Waals surface area contributed by atoms with Crippen molar-refractivity contribution in [2.45, 2.75) is 48.5 Å². The van der Waals surface area contributed by atoms with Gasteiger partial charge in [-0.05, 0) is 48.5 Å². The van der Waals surface area contributed by atoms with Crippen LogP contribution in [0.1, 0.15) is 48.5 Å². The van der Waals surface area contributed by atoms with E-state index in [0.29, 0.717) is 6.61 Å². The molecule has 0 bridgehead atoms. The largest absolute Gasteiger partial charge is 0.394 e. The number of rotatable bonds is 3. The second-order valence-corrected chi connectivity index (χ2v) is 4.02. The standard InChI is InChI=1S/C3H8O2.7C3H6.C2H6O2.7C2H4/c1-5-3-2-4;7*1-3-2;3-1-2-4;7*1-2/h4H,2-3H2,1H3;7*3H,1H2,2H3;3-4H,1-2H2;7*1-2H2. The second kappa shape index (κ2) is 851. The smallest absolute Gasteiger partial charge is 0.0693 e. The fourth-order valence-corrected chi connectivity index (χ4v) is 0.0913. The van der Waals surface area contributed by atoms with Crippen molar-refractivity contribution >= 4 is 0 Å². The highest BCUT2D eigenvalue weighted by atomic mass is 16.5. The zero-order valence-corrected chi connectivity index (χ0v) is 31.5. The molecule has 4 heteroatoms. The molecule has 0 aliphatic rings. The van der Waals surface area contributed by atoms with E-state index in [1.54, 1.807) is 49.6 Å². The van der Waals surface area contributed by atoms with Gasteiger partial charge in [0.05, 0.1) is 26.4 Å². The molecule has 44 heavy (non-hydrogen) atoms. The summed E-state index contributed by atoms with van der Waals surface area (Å²) >= 11 is 0. The minimum atomic E-state index is -0.125. The summed E-state index contributed by atoms with van der Waals surface area (Å²) in [6.45, 7) is 79.1. The molecule has 0 rings (SSSR count). The van der Waals surface area contributed by atoms with Crippen LogP contribution < -0.4 is 0 Å². The van der Waals surface area contributed by atoms with E-state index in [0.717, 1.165) is 0 Å². The Morgan fingerprint density at radius 3 is 0.432 bits per heavy atom. The van der Waals surface area contributed by atoms with E-state index in [4.69, 9.17) is 15.3 Å². The first-order valence-electron chi connectivity index (χ1n) is 13.0. The number of hydrogen-bond acceptors (Lipinski definition) is 4. The second-order valence-electron chi connectivity index (χ2n) is 4.02. The zero-order valence-electron chi connectivity index (χ0n) is 31.5. The van der Waals surface area contributed by atoms with Crippen molar-refractivity contribution in [2.75, 3.05) is 33.5 Å². The number of ether oxygens (including phenoxy) is 1. The Balaban J connectivity index is -0.0000000137. The number of aliphatic hydroxyl groups excluding tert-OH is 3. The minimum Gasteiger partial charge on any atom is -0.394 e. The highest BCUT2D eigenvalue weighted by Crippen LogP contribution is 1.56. The van der Waals surface area contributed by atoms with E-state index < -0.39 is 0 Å². The fourth-order valence-electron chi connectivity index (χ4n) is 0.0913. The first kappa shape index (κ1) is 105. The average molecular weight is 629 g/mol.